The molecule has 0 aliphatic carbocycles. The second kappa shape index (κ2) is 7.52. The molecular weight excluding hydrogens is 314 g/mol. The minimum Gasteiger partial charge on any atom is -0.497 e. The van der Waals surface area contributed by atoms with Crippen molar-refractivity contribution in [1.29, 1.82) is 0 Å². The van der Waals surface area contributed by atoms with E-state index in [0.717, 1.165) is 44.6 Å². The summed E-state index contributed by atoms with van der Waals surface area (Å²) in [5, 5.41) is 3.51. The molecule has 1 N–H and O–H groups in total. The van der Waals surface area contributed by atoms with Crippen molar-refractivity contribution in [3.8, 4) is 5.75 Å². The third kappa shape index (κ3) is 3.78. The maximum absolute atomic E-state index is 6.13. The Bertz CT molecular complexity index is 556. The first-order chi connectivity index (χ1) is 12.3. The van der Waals surface area contributed by atoms with E-state index in [-0.39, 0.29) is 5.60 Å². The third-order valence-electron chi connectivity index (χ3n) is 6.24. The fraction of sp³-hybridized carbons (Fsp3) is 0.700. The number of nitrogens with zero attached hydrogens (tertiary/aromatic N) is 2. The zero-order chi connectivity index (χ0) is 17.1. The molecule has 0 aromatic heterocycles. The Labute approximate surface area is 151 Å². The Morgan fingerprint density at radius 1 is 1.16 bits per heavy atom. The van der Waals surface area contributed by atoms with Gasteiger partial charge < -0.3 is 24.6 Å². The van der Waals surface area contributed by atoms with Gasteiger partial charge >= 0.3 is 0 Å². The summed E-state index contributed by atoms with van der Waals surface area (Å²) in [4.78, 5) is 5.21. The summed E-state index contributed by atoms with van der Waals surface area (Å²) >= 11 is 0. The molecule has 25 heavy (non-hydrogen) atoms. The van der Waals surface area contributed by atoms with E-state index in [1.165, 1.54) is 44.5 Å². The fourth-order valence-electron chi connectivity index (χ4n) is 4.62. The standard InChI is InChI=1S/C20H31N3O2/c1-24-19-4-2-3-18(15-19)22-10-5-17(6-11-22)23-12-7-20(8-13-23)16-21-9-14-25-20/h2-4,15,17,21H,5-14,16H2,1H3. The number of anilines is 1. The summed E-state index contributed by atoms with van der Waals surface area (Å²) in [5.41, 5.74) is 1.41. The van der Waals surface area contributed by atoms with Crippen LogP contribution in [0.25, 0.3) is 0 Å². The van der Waals surface area contributed by atoms with E-state index in [0.29, 0.717) is 0 Å². The van der Waals surface area contributed by atoms with Crippen LogP contribution in [0.1, 0.15) is 25.7 Å². The van der Waals surface area contributed by atoms with Crippen LogP contribution in [0.3, 0.4) is 0 Å². The maximum Gasteiger partial charge on any atom is 0.120 e. The van der Waals surface area contributed by atoms with E-state index in [9.17, 15) is 0 Å². The Morgan fingerprint density at radius 3 is 2.64 bits per heavy atom. The van der Waals surface area contributed by atoms with E-state index in [2.05, 4.69) is 33.3 Å². The van der Waals surface area contributed by atoms with Crippen LogP contribution in [-0.4, -0.2) is 69.5 Å². The molecule has 5 nitrogen and oxygen atoms in total. The number of benzene rings is 1. The number of hydrogen-bond acceptors (Lipinski definition) is 5. The number of morpholine rings is 1. The van der Waals surface area contributed by atoms with E-state index >= 15 is 0 Å². The number of methoxy groups -OCH3 is 1. The molecule has 138 valence electrons. The summed E-state index contributed by atoms with van der Waals surface area (Å²) < 4.78 is 11.5. The van der Waals surface area contributed by atoms with Gasteiger partial charge in [-0.2, -0.15) is 0 Å². The van der Waals surface area contributed by atoms with Gasteiger partial charge in [0.15, 0.2) is 0 Å². The van der Waals surface area contributed by atoms with Gasteiger partial charge in [0.05, 0.1) is 19.3 Å². The predicted molar refractivity (Wildman–Crippen MR) is 101 cm³/mol. The van der Waals surface area contributed by atoms with Crippen LogP contribution < -0.4 is 15.0 Å². The van der Waals surface area contributed by atoms with Gasteiger partial charge in [0, 0.05) is 57.1 Å². The number of ether oxygens (including phenoxy) is 2. The van der Waals surface area contributed by atoms with Gasteiger partial charge in [-0.05, 0) is 37.8 Å². The van der Waals surface area contributed by atoms with Crippen LogP contribution in [0.4, 0.5) is 5.69 Å². The first-order valence-corrected chi connectivity index (χ1v) is 9.76. The first-order valence-electron chi connectivity index (χ1n) is 9.76. The van der Waals surface area contributed by atoms with Crippen LogP contribution in [0, 0.1) is 0 Å². The third-order valence-corrected chi connectivity index (χ3v) is 6.24. The topological polar surface area (TPSA) is 37.0 Å². The maximum atomic E-state index is 6.13. The average molecular weight is 345 g/mol. The Balaban J connectivity index is 1.29. The van der Waals surface area contributed by atoms with Gasteiger partial charge in [0.25, 0.3) is 0 Å². The minimum atomic E-state index is 0.121. The second-order valence-electron chi connectivity index (χ2n) is 7.66. The molecule has 3 heterocycles. The molecular formula is C20H31N3O2. The predicted octanol–water partition coefficient (Wildman–Crippen LogP) is 2.12. The quantitative estimate of drug-likeness (QED) is 0.908. The highest BCUT2D eigenvalue weighted by atomic mass is 16.5. The highest BCUT2D eigenvalue weighted by Crippen LogP contribution is 2.31. The minimum absolute atomic E-state index is 0.121. The van der Waals surface area contributed by atoms with Gasteiger partial charge in [0.2, 0.25) is 0 Å². The van der Waals surface area contributed by atoms with E-state index in [1.807, 2.05) is 6.07 Å². The van der Waals surface area contributed by atoms with Crippen molar-refractivity contribution in [1.82, 2.24) is 10.2 Å². The van der Waals surface area contributed by atoms with Crippen LogP contribution in [0.15, 0.2) is 24.3 Å². The summed E-state index contributed by atoms with van der Waals surface area (Å²) in [7, 11) is 1.74. The molecule has 0 radical (unpaired) electrons. The molecule has 0 saturated carbocycles. The van der Waals surface area contributed by atoms with Crippen molar-refractivity contribution in [2.24, 2.45) is 0 Å². The highest BCUT2D eigenvalue weighted by molar-refractivity contribution is 5.51. The molecule has 1 aromatic rings. The highest BCUT2D eigenvalue weighted by Gasteiger charge is 2.39. The Hall–Kier alpha value is -1.30. The summed E-state index contributed by atoms with van der Waals surface area (Å²) in [6, 6.07) is 9.18. The normalized spacial score (nSPS) is 25.2. The molecule has 3 aliphatic heterocycles. The SMILES string of the molecule is COc1cccc(N2CCC(N3CCC4(CC3)CNCCO4)CC2)c1. The van der Waals surface area contributed by atoms with Crippen LogP contribution in [-0.2, 0) is 4.74 Å². The lowest BCUT2D eigenvalue weighted by Gasteiger charge is -2.47. The van der Waals surface area contributed by atoms with Crippen molar-refractivity contribution < 1.29 is 9.47 Å². The van der Waals surface area contributed by atoms with Crippen LogP contribution in [0.2, 0.25) is 0 Å². The monoisotopic (exact) mass is 345 g/mol. The van der Waals surface area contributed by atoms with Gasteiger partial charge in [0.1, 0.15) is 5.75 Å². The number of nitrogens with one attached hydrogen (secondary N) is 1. The number of rotatable bonds is 3. The summed E-state index contributed by atoms with van der Waals surface area (Å²) in [6.07, 6.45) is 4.86. The number of hydrogen-bond donors (Lipinski definition) is 1. The van der Waals surface area contributed by atoms with Gasteiger partial charge in [-0.15, -0.1) is 0 Å². The molecule has 1 aromatic carbocycles. The van der Waals surface area contributed by atoms with Crippen molar-refractivity contribution >= 4 is 5.69 Å². The Morgan fingerprint density at radius 2 is 1.96 bits per heavy atom. The van der Waals surface area contributed by atoms with Crippen molar-refractivity contribution in [3.05, 3.63) is 24.3 Å². The average Bonchev–Trinajstić information content (AvgIpc) is 2.69. The smallest absolute Gasteiger partial charge is 0.120 e. The van der Waals surface area contributed by atoms with E-state index in [4.69, 9.17) is 9.47 Å². The molecule has 1 spiro atoms. The van der Waals surface area contributed by atoms with E-state index in [1.54, 1.807) is 7.11 Å². The largest absolute Gasteiger partial charge is 0.497 e. The number of piperidine rings is 2. The first kappa shape index (κ1) is 17.1. The molecule has 0 bridgehead atoms. The molecule has 3 aliphatic rings. The molecule has 0 amide bonds. The van der Waals surface area contributed by atoms with Crippen LogP contribution in [0.5, 0.6) is 5.75 Å². The summed E-state index contributed by atoms with van der Waals surface area (Å²) in [6.45, 7) is 7.56. The summed E-state index contributed by atoms with van der Waals surface area (Å²) in [5.74, 6) is 0.946. The molecule has 4 rings (SSSR count). The fourth-order valence-corrected chi connectivity index (χ4v) is 4.62. The zero-order valence-electron chi connectivity index (χ0n) is 15.4. The second-order valence-corrected chi connectivity index (χ2v) is 7.66. The lowest BCUT2D eigenvalue weighted by molar-refractivity contribution is -0.105. The molecule has 3 saturated heterocycles. The number of likely N-dealkylation sites (tertiary alicyclic amines) is 1. The molecule has 3 fully saturated rings. The van der Waals surface area contributed by atoms with Gasteiger partial charge in [-0.25, -0.2) is 0 Å². The molecule has 0 unspecified atom stereocenters. The zero-order valence-corrected chi connectivity index (χ0v) is 15.4. The Kier molecular flexibility index (Phi) is 5.15. The van der Waals surface area contributed by atoms with Crippen molar-refractivity contribution in [2.45, 2.75) is 37.3 Å². The van der Waals surface area contributed by atoms with Crippen LogP contribution >= 0.6 is 0 Å². The molecule has 5 heteroatoms. The van der Waals surface area contributed by atoms with Gasteiger partial charge in [-0.1, -0.05) is 6.07 Å². The lowest BCUT2D eigenvalue weighted by Crippen LogP contribution is -2.57. The molecule has 0 atom stereocenters. The lowest BCUT2D eigenvalue weighted by atomic mass is 9.88. The van der Waals surface area contributed by atoms with Crippen molar-refractivity contribution in [2.75, 3.05) is 57.9 Å². The van der Waals surface area contributed by atoms with Crippen molar-refractivity contribution in [3.63, 3.8) is 0 Å². The van der Waals surface area contributed by atoms with Gasteiger partial charge in [-0.3, -0.25) is 0 Å². The van der Waals surface area contributed by atoms with E-state index < -0.39 is 0 Å².